The van der Waals surface area contributed by atoms with Crippen LogP contribution in [0.4, 0.5) is 13.2 Å². The van der Waals surface area contributed by atoms with Crippen LogP contribution in [0.2, 0.25) is 0 Å². The molecule has 0 saturated carbocycles. The van der Waals surface area contributed by atoms with E-state index in [1.165, 1.54) is 0 Å². The van der Waals surface area contributed by atoms with Crippen LogP contribution in [0, 0.1) is 5.82 Å². The minimum atomic E-state index is -3.08. The maximum Gasteiger partial charge on any atom is 0.270 e. The molecule has 0 unspecified atom stereocenters. The highest BCUT2D eigenvalue weighted by Gasteiger charge is 2.21. The van der Waals surface area contributed by atoms with Crippen molar-refractivity contribution < 1.29 is 18.3 Å². The smallest absolute Gasteiger partial charge is 0.270 e. The number of nitrogens with two attached hydrogens (primary N) is 1. The van der Waals surface area contributed by atoms with Gasteiger partial charge in [-0.15, -0.1) is 0 Å². The monoisotopic (exact) mass is 192 g/mol. The van der Waals surface area contributed by atoms with E-state index in [-0.39, 0.29) is 12.2 Å². The third-order valence-electron chi connectivity index (χ3n) is 1.53. The largest absolute Gasteiger partial charge is 0.505 e. The molecule has 0 atom stereocenters. The molecule has 6 heteroatoms. The average Bonchev–Trinajstić information content (AvgIpc) is 2.04. The highest BCUT2D eigenvalue weighted by molar-refractivity contribution is 5.37. The van der Waals surface area contributed by atoms with Crippen LogP contribution in [0.25, 0.3) is 0 Å². The number of aromatic nitrogens is 1. The summed E-state index contributed by atoms with van der Waals surface area (Å²) in [5.41, 5.74) is 3.89. The zero-order valence-corrected chi connectivity index (χ0v) is 6.47. The normalized spacial score (nSPS) is 10.8. The van der Waals surface area contributed by atoms with Crippen LogP contribution in [-0.2, 0) is 6.54 Å². The molecule has 72 valence electrons. The van der Waals surface area contributed by atoms with Gasteiger partial charge in [-0.2, -0.15) is 0 Å². The number of hydrogen-bond donors (Lipinski definition) is 2. The van der Waals surface area contributed by atoms with Crippen LogP contribution >= 0.6 is 0 Å². The second-order valence-electron chi connectivity index (χ2n) is 2.32. The summed E-state index contributed by atoms with van der Waals surface area (Å²) in [5.74, 6) is -2.10. The summed E-state index contributed by atoms with van der Waals surface area (Å²) in [6.45, 7) is -0.216. The van der Waals surface area contributed by atoms with Gasteiger partial charge in [0.15, 0.2) is 5.82 Å². The lowest BCUT2D eigenvalue weighted by atomic mass is 10.2. The maximum atomic E-state index is 12.7. The predicted octanol–water partition coefficient (Wildman–Crippen LogP) is 1.32. The Hall–Kier alpha value is -1.30. The van der Waals surface area contributed by atoms with Crippen LogP contribution in [0.5, 0.6) is 5.75 Å². The third-order valence-corrected chi connectivity index (χ3v) is 1.53. The molecule has 1 heterocycles. The third kappa shape index (κ3) is 1.72. The molecule has 0 saturated heterocycles. The standard InChI is InChI=1S/C7H7F3N2O/c8-3-2-12-4(1-11)6(13)5(3)7(9)10/h2,7,13H,1,11H2. The first-order chi connectivity index (χ1) is 6.07. The summed E-state index contributed by atoms with van der Waals surface area (Å²) in [6.07, 6.45) is -2.46. The minimum Gasteiger partial charge on any atom is -0.505 e. The van der Waals surface area contributed by atoms with E-state index in [1.54, 1.807) is 0 Å². The number of hydrogen-bond acceptors (Lipinski definition) is 3. The SMILES string of the molecule is NCc1ncc(F)c(C(F)F)c1O. The Kier molecular flexibility index (Phi) is 2.72. The fourth-order valence-corrected chi connectivity index (χ4v) is 0.891. The van der Waals surface area contributed by atoms with Crippen LogP contribution in [0.1, 0.15) is 17.7 Å². The van der Waals surface area contributed by atoms with Crippen molar-refractivity contribution in [2.75, 3.05) is 0 Å². The second-order valence-corrected chi connectivity index (χ2v) is 2.32. The van der Waals surface area contributed by atoms with Crippen molar-refractivity contribution in [1.82, 2.24) is 4.98 Å². The molecule has 0 aromatic carbocycles. The van der Waals surface area contributed by atoms with Gasteiger partial charge in [0.05, 0.1) is 17.5 Å². The van der Waals surface area contributed by atoms with Gasteiger partial charge < -0.3 is 10.8 Å². The number of aromatic hydroxyl groups is 1. The van der Waals surface area contributed by atoms with Gasteiger partial charge >= 0.3 is 0 Å². The number of pyridine rings is 1. The molecule has 1 aromatic rings. The summed E-state index contributed by atoms with van der Waals surface area (Å²) in [5, 5.41) is 9.08. The Morgan fingerprint density at radius 3 is 2.62 bits per heavy atom. The van der Waals surface area contributed by atoms with E-state index < -0.39 is 23.6 Å². The Morgan fingerprint density at radius 1 is 1.54 bits per heavy atom. The quantitative estimate of drug-likeness (QED) is 0.742. The van der Waals surface area contributed by atoms with Crippen molar-refractivity contribution in [3.05, 3.63) is 23.3 Å². The number of rotatable bonds is 2. The van der Waals surface area contributed by atoms with E-state index in [2.05, 4.69) is 4.98 Å². The van der Waals surface area contributed by atoms with E-state index in [9.17, 15) is 13.2 Å². The molecule has 1 rings (SSSR count). The molecule has 0 spiro atoms. The van der Waals surface area contributed by atoms with Crippen LogP contribution in [0.15, 0.2) is 6.20 Å². The van der Waals surface area contributed by atoms with Gasteiger partial charge in [-0.1, -0.05) is 0 Å². The lowest BCUT2D eigenvalue weighted by molar-refractivity contribution is 0.141. The lowest BCUT2D eigenvalue weighted by Crippen LogP contribution is -2.04. The molecule has 0 bridgehead atoms. The molecule has 13 heavy (non-hydrogen) atoms. The van der Waals surface area contributed by atoms with Crippen LogP contribution < -0.4 is 5.73 Å². The van der Waals surface area contributed by atoms with Gasteiger partial charge in [-0.05, 0) is 0 Å². The summed E-state index contributed by atoms with van der Waals surface area (Å²) in [4.78, 5) is 3.36. The maximum absolute atomic E-state index is 12.7. The van der Waals surface area contributed by atoms with Crippen molar-refractivity contribution >= 4 is 0 Å². The number of halogens is 3. The van der Waals surface area contributed by atoms with E-state index in [4.69, 9.17) is 10.8 Å². The van der Waals surface area contributed by atoms with Gasteiger partial charge in [0.1, 0.15) is 5.75 Å². The number of nitrogens with zero attached hydrogens (tertiary/aromatic N) is 1. The summed E-state index contributed by atoms with van der Waals surface area (Å²) >= 11 is 0. The van der Waals surface area contributed by atoms with Crippen molar-refractivity contribution in [3.8, 4) is 5.75 Å². The summed E-state index contributed by atoms with van der Waals surface area (Å²) in [7, 11) is 0. The molecular formula is C7H7F3N2O. The van der Waals surface area contributed by atoms with E-state index >= 15 is 0 Å². The number of alkyl halides is 2. The van der Waals surface area contributed by atoms with Crippen LogP contribution in [-0.4, -0.2) is 10.1 Å². The molecule has 0 amide bonds. The van der Waals surface area contributed by atoms with Crippen molar-refractivity contribution in [2.24, 2.45) is 5.73 Å². The minimum absolute atomic E-state index is 0.142. The van der Waals surface area contributed by atoms with Crippen molar-refractivity contribution in [1.29, 1.82) is 0 Å². The molecule has 0 aliphatic rings. The van der Waals surface area contributed by atoms with Crippen LogP contribution in [0.3, 0.4) is 0 Å². The summed E-state index contributed by atoms with van der Waals surface area (Å²) < 4.78 is 36.9. The molecular weight excluding hydrogens is 185 g/mol. The molecule has 0 aliphatic heterocycles. The molecule has 3 nitrogen and oxygen atoms in total. The Labute approximate surface area is 72.0 Å². The van der Waals surface area contributed by atoms with E-state index in [0.717, 1.165) is 0 Å². The molecule has 0 aliphatic carbocycles. The lowest BCUT2D eigenvalue weighted by Gasteiger charge is -2.07. The topological polar surface area (TPSA) is 59.1 Å². The predicted molar refractivity (Wildman–Crippen MR) is 38.7 cm³/mol. The molecule has 3 N–H and O–H groups in total. The first kappa shape index (κ1) is 9.79. The zero-order chi connectivity index (χ0) is 10.0. The average molecular weight is 192 g/mol. The zero-order valence-electron chi connectivity index (χ0n) is 6.47. The molecule has 0 fully saturated rings. The van der Waals surface area contributed by atoms with Gasteiger partial charge in [-0.3, -0.25) is 4.98 Å². The fraction of sp³-hybridized carbons (Fsp3) is 0.286. The highest BCUT2D eigenvalue weighted by Crippen LogP contribution is 2.31. The molecule has 1 aromatic heterocycles. The highest BCUT2D eigenvalue weighted by atomic mass is 19.3. The second kappa shape index (κ2) is 3.61. The fourth-order valence-electron chi connectivity index (χ4n) is 0.891. The Morgan fingerprint density at radius 2 is 2.15 bits per heavy atom. The van der Waals surface area contributed by atoms with E-state index in [1.807, 2.05) is 0 Å². The summed E-state index contributed by atoms with van der Waals surface area (Å²) in [6, 6.07) is 0. The Bertz CT molecular complexity index is 317. The first-order valence-electron chi connectivity index (χ1n) is 3.42. The first-order valence-corrected chi connectivity index (χ1v) is 3.42. The van der Waals surface area contributed by atoms with E-state index in [0.29, 0.717) is 6.20 Å². The van der Waals surface area contributed by atoms with Gasteiger partial charge in [0.25, 0.3) is 6.43 Å². The van der Waals surface area contributed by atoms with Crippen molar-refractivity contribution in [2.45, 2.75) is 13.0 Å². The van der Waals surface area contributed by atoms with Crippen molar-refractivity contribution in [3.63, 3.8) is 0 Å². The molecule has 0 radical (unpaired) electrons. The van der Waals surface area contributed by atoms with Gasteiger partial charge in [-0.25, -0.2) is 13.2 Å². The van der Waals surface area contributed by atoms with Gasteiger partial charge in [0, 0.05) is 6.54 Å². The Balaban J connectivity index is 3.30. The van der Waals surface area contributed by atoms with Gasteiger partial charge in [0.2, 0.25) is 0 Å².